The van der Waals surface area contributed by atoms with Gasteiger partial charge in [-0.2, -0.15) is 0 Å². The van der Waals surface area contributed by atoms with Crippen molar-refractivity contribution in [1.82, 2.24) is 15.1 Å². The largest absolute Gasteiger partial charge is 0.366 e. The smallest absolute Gasteiger partial charge is 0.325 e. The van der Waals surface area contributed by atoms with E-state index in [1.807, 2.05) is 0 Å². The van der Waals surface area contributed by atoms with Crippen LogP contribution in [0.1, 0.15) is 42.6 Å². The molecular formula is C19H24N4O4. The van der Waals surface area contributed by atoms with Crippen LogP contribution in [0.5, 0.6) is 0 Å². The number of rotatable bonds is 4. The second-order valence-corrected chi connectivity index (χ2v) is 7.48. The number of hydrogen-bond donors (Lipinski definition) is 2. The number of imide groups is 1. The minimum Gasteiger partial charge on any atom is -0.366 e. The molecule has 2 fully saturated rings. The summed E-state index contributed by atoms with van der Waals surface area (Å²) in [5, 5.41) is 2.64. The van der Waals surface area contributed by atoms with Gasteiger partial charge in [0.25, 0.3) is 5.91 Å². The zero-order valence-electron chi connectivity index (χ0n) is 15.5. The molecule has 5 amide bonds. The fourth-order valence-electron chi connectivity index (χ4n) is 3.67. The molecule has 1 aromatic rings. The summed E-state index contributed by atoms with van der Waals surface area (Å²) in [7, 11) is 0. The van der Waals surface area contributed by atoms with Gasteiger partial charge in [-0.1, -0.05) is 19.1 Å². The molecule has 1 aromatic carbocycles. The third-order valence-corrected chi connectivity index (χ3v) is 5.30. The van der Waals surface area contributed by atoms with Crippen LogP contribution in [-0.4, -0.2) is 53.2 Å². The number of likely N-dealkylation sites (tertiary alicyclic amines) is 1. The van der Waals surface area contributed by atoms with E-state index in [1.165, 1.54) is 12.1 Å². The highest BCUT2D eigenvalue weighted by molar-refractivity contribution is 6.09. The summed E-state index contributed by atoms with van der Waals surface area (Å²) in [6, 6.07) is 5.64. The SMILES string of the molecule is CC1CCCN(C(=O)CN2C(=O)NC(C)(c3cccc(C(N)=O)c3)C2=O)C1. The molecule has 0 bridgehead atoms. The van der Waals surface area contributed by atoms with Crippen molar-refractivity contribution in [1.29, 1.82) is 0 Å². The first-order valence-electron chi connectivity index (χ1n) is 9.04. The molecule has 2 heterocycles. The lowest BCUT2D eigenvalue weighted by atomic mass is 9.90. The number of nitrogens with one attached hydrogen (secondary N) is 1. The Bertz CT molecular complexity index is 809. The second-order valence-electron chi connectivity index (χ2n) is 7.48. The molecular weight excluding hydrogens is 348 g/mol. The van der Waals surface area contributed by atoms with Crippen LogP contribution in [0.15, 0.2) is 24.3 Å². The number of piperidine rings is 1. The summed E-state index contributed by atoms with van der Waals surface area (Å²) in [6.45, 7) is 4.63. The molecule has 2 aliphatic heterocycles. The van der Waals surface area contributed by atoms with Crippen molar-refractivity contribution in [2.24, 2.45) is 11.7 Å². The van der Waals surface area contributed by atoms with E-state index in [2.05, 4.69) is 12.2 Å². The van der Waals surface area contributed by atoms with E-state index in [0.717, 1.165) is 17.7 Å². The molecule has 144 valence electrons. The van der Waals surface area contributed by atoms with Gasteiger partial charge in [0.05, 0.1) is 0 Å². The topological polar surface area (TPSA) is 113 Å². The van der Waals surface area contributed by atoms with Crippen LogP contribution in [0, 0.1) is 5.92 Å². The van der Waals surface area contributed by atoms with Gasteiger partial charge in [-0.05, 0) is 43.4 Å². The van der Waals surface area contributed by atoms with Crippen molar-refractivity contribution in [3.8, 4) is 0 Å². The van der Waals surface area contributed by atoms with Crippen LogP contribution >= 0.6 is 0 Å². The van der Waals surface area contributed by atoms with Gasteiger partial charge in [0.1, 0.15) is 12.1 Å². The van der Waals surface area contributed by atoms with E-state index in [-0.39, 0.29) is 18.0 Å². The third kappa shape index (κ3) is 3.51. The van der Waals surface area contributed by atoms with Gasteiger partial charge in [-0.3, -0.25) is 19.3 Å². The standard InChI is InChI=1S/C19H24N4O4/c1-12-5-4-8-22(10-12)15(24)11-23-17(26)19(2,21-18(23)27)14-7-3-6-13(9-14)16(20)25/h3,6-7,9,12H,4-5,8,10-11H2,1-2H3,(H2,20,25)(H,21,27). The molecule has 0 aromatic heterocycles. The number of amides is 5. The predicted octanol–water partition coefficient (Wildman–Crippen LogP) is 0.811. The number of benzene rings is 1. The van der Waals surface area contributed by atoms with Crippen molar-refractivity contribution >= 4 is 23.8 Å². The fraction of sp³-hybridized carbons (Fsp3) is 0.474. The predicted molar refractivity (Wildman–Crippen MR) is 97.5 cm³/mol. The average molecular weight is 372 g/mol. The van der Waals surface area contributed by atoms with Crippen molar-refractivity contribution < 1.29 is 19.2 Å². The van der Waals surface area contributed by atoms with Gasteiger partial charge >= 0.3 is 6.03 Å². The Labute approximate surface area is 157 Å². The average Bonchev–Trinajstić information content (AvgIpc) is 2.86. The number of nitrogens with zero attached hydrogens (tertiary/aromatic N) is 2. The molecule has 8 heteroatoms. The van der Waals surface area contributed by atoms with Crippen LogP contribution in [0.3, 0.4) is 0 Å². The lowest BCUT2D eigenvalue weighted by Gasteiger charge is -2.31. The van der Waals surface area contributed by atoms with E-state index in [4.69, 9.17) is 5.73 Å². The quantitative estimate of drug-likeness (QED) is 0.762. The lowest BCUT2D eigenvalue weighted by molar-refractivity contribution is -0.139. The first kappa shape index (κ1) is 18.9. The van der Waals surface area contributed by atoms with Crippen molar-refractivity contribution in [3.05, 3.63) is 35.4 Å². The summed E-state index contributed by atoms with van der Waals surface area (Å²) >= 11 is 0. The van der Waals surface area contributed by atoms with Crippen molar-refractivity contribution in [3.63, 3.8) is 0 Å². The van der Waals surface area contributed by atoms with E-state index in [1.54, 1.807) is 24.0 Å². The first-order chi connectivity index (χ1) is 12.7. The molecule has 0 spiro atoms. The molecule has 2 unspecified atom stereocenters. The van der Waals surface area contributed by atoms with Crippen LogP contribution in [0.2, 0.25) is 0 Å². The molecule has 2 atom stereocenters. The molecule has 2 saturated heterocycles. The third-order valence-electron chi connectivity index (χ3n) is 5.30. The molecule has 27 heavy (non-hydrogen) atoms. The number of primary amides is 1. The number of nitrogens with two attached hydrogens (primary N) is 1. The minimum atomic E-state index is -1.35. The Morgan fingerprint density at radius 1 is 1.33 bits per heavy atom. The number of hydrogen-bond acceptors (Lipinski definition) is 4. The van der Waals surface area contributed by atoms with Crippen LogP contribution in [-0.2, 0) is 15.1 Å². The summed E-state index contributed by atoms with van der Waals surface area (Å²) in [6.07, 6.45) is 1.99. The highest BCUT2D eigenvalue weighted by Gasteiger charge is 2.49. The summed E-state index contributed by atoms with van der Waals surface area (Å²) in [5.74, 6) is -0.969. The van der Waals surface area contributed by atoms with Crippen LogP contribution in [0.4, 0.5) is 4.79 Å². The minimum absolute atomic E-state index is 0.236. The zero-order valence-corrected chi connectivity index (χ0v) is 15.5. The number of urea groups is 1. The Balaban J connectivity index is 1.79. The maximum Gasteiger partial charge on any atom is 0.325 e. The molecule has 0 saturated carbocycles. The lowest BCUT2D eigenvalue weighted by Crippen LogP contribution is -2.47. The highest BCUT2D eigenvalue weighted by Crippen LogP contribution is 2.29. The Hall–Kier alpha value is -2.90. The zero-order chi connectivity index (χ0) is 19.8. The molecule has 8 nitrogen and oxygen atoms in total. The summed E-state index contributed by atoms with van der Waals surface area (Å²) in [4.78, 5) is 52.0. The van der Waals surface area contributed by atoms with E-state index < -0.39 is 23.4 Å². The fourth-order valence-corrected chi connectivity index (χ4v) is 3.67. The van der Waals surface area contributed by atoms with E-state index >= 15 is 0 Å². The molecule has 0 radical (unpaired) electrons. The van der Waals surface area contributed by atoms with Crippen LogP contribution < -0.4 is 11.1 Å². The van der Waals surface area contributed by atoms with Crippen molar-refractivity contribution in [2.75, 3.05) is 19.6 Å². The maximum atomic E-state index is 13.0. The molecule has 0 aliphatic carbocycles. The van der Waals surface area contributed by atoms with Crippen LogP contribution in [0.25, 0.3) is 0 Å². The van der Waals surface area contributed by atoms with E-state index in [0.29, 0.717) is 24.6 Å². The Morgan fingerprint density at radius 2 is 2.07 bits per heavy atom. The van der Waals surface area contributed by atoms with Crippen molar-refractivity contribution in [2.45, 2.75) is 32.2 Å². The Morgan fingerprint density at radius 3 is 2.74 bits per heavy atom. The number of carbonyl (C=O) groups is 4. The molecule has 2 aliphatic rings. The number of carbonyl (C=O) groups excluding carboxylic acids is 4. The monoisotopic (exact) mass is 372 g/mol. The normalized spacial score (nSPS) is 25.5. The second kappa shape index (κ2) is 7.02. The molecule has 3 rings (SSSR count). The van der Waals surface area contributed by atoms with Gasteiger partial charge < -0.3 is 16.0 Å². The van der Waals surface area contributed by atoms with Gasteiger partial charge in [0, 0.05) is 18.7 Å². The van der Waals surface area contributed by atoms with Gasteiger partial charge in [0.2, 0.25) is 11.8 Å². The maximum absolute atomic E-state index is 13.0. The van der Waals surface area contributed by atoms with Gasteiger partial charge in [-0.25, -0.2) is 4.79 Å². The highest BCUT2D eigenvalue weighted by atomic mass is 16.2. The van der Waals surface area contributed by atoms with Gasteiger partial charge in [-0.15, -0.1) is 0 Å². The first-order valence-corrected chi connectivity index (χ1v) is 9.04. The summed E-state index contributed by atoms with van der Waals surface area (Å²) in [5.41, 5.74) is 4.64. The van der Waals surface area contributed by atoms with E-state index in [9.17, 15) is 19.2 Å². The Kier molecular flexibility index (Phi) is 4.91. The summed E-state index contributed by atoms with van der Waals surface area (Å²) < 4.78 is 0. The van der Waals surface area contributed by atoms with Gasteiger partial charge in [0.15, 0.2) is 0 Å². The molecule has 3 N–H and O–H groups in total.